The Balaban J connectivity index is 2.15. The van der Waals surface area contributed by atoms with Crippen molar-refractivity contribution in [2.45, 2.75) is 17.9 Å². The molecule has 2 aromatic rings. The van der Waals surface area contributed by atoms with E-state index in [0.717, 1.165) is 9.87 Å². The van der Waals surface area contributed by atoms with Gasteiger partial charge in [0.1, 0.15) is 0 Å². The van der Waals surface area contributed by atoms with Gasteiger partial charge in [-0.1, -0.05) is 30.3 Å². The van der Waals surface area contributed by atoms with Crippen LogP contribution >= 0.6 is 0 Å². The number of carbonyl (C=O) groups excluding carboxylic acids is 2. The number of esters is 1. The highest BCUT2D eigenvalue weighted by molar-refractivity contribution is 7.89. The first kappa shape index (κ1) is 23.1. The zero-order valence-corrected chi connectivity index (χ0v) is 17.6. The molecule has 0 bridgehead atoms. The lowest BCUT2D eigenvalue weighted by Crippen LogP contribution is -2.41. The molecule has 0 unspecified atom stereocenters. The van der Waals surface area contributed by atoms with Gasteiger partial charge >= 0.3 is 5.97 Å². The summed E-state index contributed by atoms with van der Waals surface area (Å²) in [5, 5.41) is 8.86. The molecule has 0 atom stereocenters. The first-order valence-electron chi connectivity index (χ1n) is 9.13. The SMILES string of the molecule is COC(=O)CCN(Cc1ccccc1)C(=O)CN(C)S(=O)(=O)c1ccc(C#N)cc1. The molecule has 0 aliphatic carbocycles. The van der Waals surface area contributed by atoms with E-state index in [-0.39, 0.29) is 24.4 Å². The fourth-order valence-electron chi connectivity index (χ4n) is 2.68. The second kappa shape index (κ2) is 10.5. The molecule has 1 amide bonds. The maximum Gasteiger partial charge on any atom is 0.307 e. The van der Waals surface area contributed by atoms with E-state index in [0.29, 0.717) is 5.56 Å². The predicted molar refractivity (Wildman–Crippen MR) is 109 cm³/mol. The molecule has 2 rings (SSSR count). The molecule has 0 N–H and O–H groups in total. The third kappa shape index (κ3) is 6.14. The highest BCUT2D eigenvalue weighted by Crippen LogP contribution is 2.16. The number of hydrogen-bond donors (Lipinski definition) is 0. The summed E-state index contributed by atoms with van der Waals surface area (Å²) in [6.07, 6.45) is 0.00115. The van der Waals surface area contributed by atoms with Crippen LogP contribution in [0.2, 0.25) is 0 Å². The average Bonchev–Trinajstić information content (AvgIpc) is 2.76. The first-order chi connectivity index (χ1) is 14.3. The summed E-state index contributed by atoms with van der Waals surface area (Å²) in [5.74, 6) is -0.901. The fraction of sp³-hybridized carbons (Fsp3) is 0.286. The number of methoxy groups -OCH3 is 1. The zero-order chi connectivity index (χ0) is 22.1. The number of rotatable bonds is 9. The Morgan fingerprint density at radius 2 is 1.70 bits per heavy atom. The van der Waals surface area contributed by atoms with Gasteiger partial charge in [-0.2, -0.15) is 9.57 Å². The number of sulfonamides is 1. The number of amides is 1. The van der Waals surface area contributed by atoms with Crippen molar-refractivity contribution in [3.63, 3.8) is 0 Å². The second-order valence-electron chi connectivity index (χ2n) is 6.52. The standard InChI is InChI=1S/C21H23N3O5S/c1-23(30(27,28)19-10-8-17(14-22)9-11-19)16-20(25)24(13-12-21(26)29-2)15-18-6-4-3-5-7-18/h3-11H,12-13,15-16H2,1-2H3. The van der Waals surface area contributed by atoms with Crippen LogP contribution in [0.25, 0.3) is 0 Å². The number of nitriles is 1. The van der Waals surface area contributed by atoms with Gasteiger partial charge < -0.3 is 9.64 Å². The van der Waals surface area contributed by atoms with Crippen molar-refractivity contribution in [2.75, 3.05) is 27.2 Å². The number of hydrogen-bond acceptors (Lipinski definition) is 6. The molecule has 0 radical (unpaired) electrons. The van der Waals surface area contributed by atoms with Crippen molar-refractivity contribution in [1.82, 2.24) is 9.21 Å². The summed E-state index contributed by atoms with van der Waals surface area (Å²) in [5.41, 5.74) is 1.19. The van der Waals surface area contributed by atoms with Crippen molar-refractivity contribution in [2.24, 2.45) is 0 Å². The molecule has 2 aromatic carbocycles. The largest absolute Gasteiger partial charge is 0.469 e. The summed E-state index contributed by atoms with van der Waals surface area (Å²) in [6.45, 7) is -0.0527. The van der Waals surface area contributed by atoms with Crippen molar-refractivity contribution in [3.8, 4) is 6.07 Å². The Labute approximate surface area is 176 Å². The van der Waals surface area contributed by atoms with Crippen LogP contribution in [0, 0.1) is 11.3 Å². The van der Waals surface area contributed by atoms with E-state index in [1.165, 1.54) is 43.3 Å². The Bertz CT molecular complexity index is 1010. The molecule has 0 fully saturated rings. The predicted octanol–water partition coefficient (Wildman–Crippen LogP) is 1.77. The monoisotopic (exact) mass is 429 g/mol. The topological polar surface area (TPSA) is 108 Å². The molecule has 0 heterocycles. The van der Waals surface area contributed by atoms with Gasteiger partial charge in [-0.15, -0.1) is 0 Å². The van der Waals surface area contributed by atoms with Crippen molar-refractivity contribution >= 4 is 21.9 Å². The normalized spacial score (nSPS) is 11.0. The number of nitrogens with zero attached hydrogens (tertiary/aromatic N) is 3. The first-order valence-corrected chi connectivity index (χ1v) is 10.6. The number of likely N-dealkylation sites (N-methyl/N-ethyl adjacent to an activating group) is 1. The number of benzene rings is 2. The molecular formula is C21H23N3O5S. The summed E-state index contributed by atoms with van der Waals surface area (Å²) in [7, 11) is -1.34. The molecule has 0 aliphatic heterocycles. The molecule has 8 nitrogen and oxygen atoms in total. The van der Waals surface area contributed by atoms with Crippen LogP contribution in [0.5, 0.6) is 0 Å². The van der Waals surface area contributed by atoms with E-state index < -0.39 is 28.4 Å². The van der Waals surface area contributed by atoms with Gasteiger partial charge in [-0.05, 0) is 29.8 Å². The summed E-state index contributed by atoms with van der Waals surface area (Å²) in [6, 6.07) is 16.6. The third-order valence-corrected chi connectivity index (χ3v) is 6.25. The molecule has 30 heavy (non-hydrogen) atoms. The molecule has 158 valence electrons. The molecule has 0 aliphatic rings. The van der Waals surface area contributed by atoms with Crippen LogP contribution in [0.1, 0.15) is 17.5 Å². The van der Waals surface area contributed by atoms with Crippen LogP contribution in [0.3, 0.4) is 0 Å². The number of ether oxygens (including phenoxy) is 1. The lowest BCUT2D eigenvalue weighted by Gasteiger charge is -2.25. The van der Waals surface area contributed by atoms with Gasteiger partial charge in [-0.3, -0.25) is 9.59 Å². The van der Waals surface area contributed by atoms with Crippen LogP contribution in [-0.2, 0) is 30.9 Å². The average molecular weight is 429 g/mol. The number of carbonyl (C=O) groups is 2. The minimum absolute atomic E-state index is 0.00115. The molecule has 0 saturated heterocycles. The van der Waals surface area contributed by atoms with Gasteiger partial charge in [-0.25, -0.2) is 8.42 Å². The van der Waals surface area contributed by atoms with Crippen molar-refractivity contribution < 1.29 is 22.7 Å². The third-order valence-electron chi connectivity index (χ3n) is 4.43. The van der Waals surface area contributed by atoms with Gasteiger partial charge in [0.05, 0.1) is 36.6 Å². The van der Waals surface area contributed by atoms with Gasteiger partial charge in [0, 0.05) is 20.1 Å². The molecule has 9 heteroatoms. The van der Waals surface area contributed by atoms with Crippen LogP contribution in [-0.4, -0.2) is 56.7 Å². The fourth-order valence-corrected chi connectivity index (χ4v) is 3.80. The molecule has 0 saturated carbocycles. The quantitative estimate of drug-likeness (QED) is 0.562. The van der Waals surface area contributed by atoms with Gasteiger partial charge in [0.2, 0.25) is 15.9 Å². The highest BCUT2D eigenvalue weighted by atomic mass is 32.2. The summed E-state index contributed by atoms with van der Waals surface area (Å²) >= 11 is 0. The maximum atomic E-state index is 12.9. The lowest BCUT2D eigenvalue weighted by molar-refractivity contribution is -0.142. The Hall–Kier alpha value is -3.22. The van der Waals surface area contributed by atoms with E-state index >= 15 is 0 Å². The van der Waals surface area contributed by atoms with E-state index in [4.69, 9.17) is 5.26 Å². The van der Waals surface area contributed by atoms with Crippen molar-refractivity contribution in [1.29, 1.82) is 5.26 Å². The highest BCUT2D eigenvalue weighted by Gasteiger charge is 2.25. The van der Waals surface area contributed by atoms with Crippen molar-refractivity contribution in [3.05, 3.63) is 65.7 Å². The smallest absolute Gasteiger partial charge is 0.307 e. The van der Waals surface area contributed by atoms with Gasteiger partial charge in [0.25, 0.3) is 0 Å². The zero-order valence-electron chi connectivity index (χ0n) is 16.8. The molecular weight excluding hydrogens is 406 g/mol. The Morgan fingerprint density at radius 1 is 1.07 bits per heavy atom. The van der Waals surface area contributed by atoms with Crippen LogP contribution < -0.4 is 0 Å². The lowest BCUT2D eigenvalue weighted by atomic mass is 10.2. The van der Waals surface area contributed by atoms with E-state index in [1.807, 2.05) is 36.4 Å². The minimum Gasteiger partial charge on any atom is -0.469 e. The Morgan fingerprint density at radius 3 is 2.27 bits per heavy atom. The summed E-state index contributed by atoms with van der Waals surface area (Å²) in [4.78, 5) is 25.8. The van der Waals surface area contributed by atoms with Crippen LogP contribution in [0.4, 0.5) is 0 Å². The Kier molecular flexibility index (Phi) is 8.09. The van der Waals surface area contributed by atoms with Gasteiger partial charge in [0.15, 0.2) is 0 Å². The molecule has 0 aromatic heterocycles. The van der Waals surface area contributed by atoms with Crippen LogP contribution in [0.15, 0.2) is 59.5 Å². The van der Waals surface area contributed by atoms with E-state index in [2.05, 4.69) is 4.74 Å². The molecule has 0 spiro atoms. The summed E-state index contributed by atoms with van der Waals surface area (Å²) < 4.78 is 31.1. The van der Waals surface area contributed by atoms with E-state index in [9.17, 15) is 18.0 Å². The maximum absolute atomic E-state index is 12.9. The minimum atomic E-state index is -3.92. The second-order valence-corrected chi connectivity index (χ2v) is 8.57. The van der Waals surface area contributed by atoms with E-state index in [1.54, 1.807) is 0 Å².